The van der Waals surface area contributed by atoms with Crippen molar-refractivity contribution in [3.8, 4) is 11.5 Å². The molecule has 0 bridgehead atoms. The second-order valence-corrected chi connectivity index (χ2v) is 6.20. The lowest BCUT2D eigenvalue weighted by Crippen LogP contribution is -2.22. The third-order valence-corrected chi connectivity index (χ3v) is 3.86. The summed E-state index contributed by atoms with van der Waals surface area (Å²) >= 11 is 0. The molecule has 0 saturated heterocycles. The van der Waals surface area contributed by atoms with Crippen molar-refractivity contribution < 1.29 is 14.3 Å². The van der Waals surface area contributed by atoms with Gasteiger partial charge in [0.25, 0.3) is 0 Å². The van der Waals surface area contributed by atoms with Gasteiger partial charge < -0.3 is 19.7 Å². The van der Waals surface area contributed by atoms with Crippen molar-refractivity contribution in [3.05, 3.63) is 65.2 Å². The van der Waals surface area contributed by atoms with E-state index in [0.717, 1.165) is 17.7 Å². The molecule has 0 spiro atoms. The van der Waals surface area contributed by atoms with Gasteiger partial charge in [0.15, 0.2) is 0 Å². The van der Waals surface area contributed by atoms with E-state index in [4.69, 9.17) is 9.47 Å². The van der Waals surface area contributed by atoms with Crippen LogP contribution < -0.4 is 14.8 Å². The van der Waals surface area contributed by atoms with Crippen molar-refractivity contribution in [1.82, 2.24) is 10.2 Å². The van der Waals surface area contributed by atoms with Crippen molar-refractivity contribution in [2.45, 2.75) is 13.1 Å². The molecule has 0 radical (unpaired) electrons. The fraction of sp³-hybridized carbons (Fsp3) is 0.286. The number of benzene rings is 2. The summed E-state index contributed by atoms with van der Waals surface area (Å²) in [6, 6.07) is 13.6. The van der Waals surface area contributed by atoms with Crippen LogP contribution in [0.5, 0.6) is 11.5 Å². The summed E-state index contributed by atoms with van der Waals surface area (Å²) in [6.45, 7) is 1.33. The fourth-order valence-corrected chi connectivity index (χ4v) is 2.56. The molecule has 5 heteroatoms. The Hall–Kier alpha value is -2.79. The van der Waals surface area contributed by atoms with Crippen LogP contribution in [0.3, 0.4) is 0 Å². The summed E-state index contributed by atoms with van der Waals surface area (Å²) in [5, 5.41) is 2.93. The van der Waals surface area contributed by atoms with Crippen LogP contribution in [-0.2, 0) is 17.9 Å². The Morgan fingerprint density at radius 3 is 2.23 bits per heavy atom. The van der Waals surface area contributed by atoms with E-state index in [-0.39, 0.29) is 5.91 Å². The van der Waals surface area contributed by atoms with E-state index >= 15 is 0 Å². The second-order valence-electron chi connectivity index (χ2n) is 6.20. The van der Waals surface area contributed by atoms with E-state index in [2.05, 4.69) is 16.3 Å². The normalized spacial score (nSPS) is 11.0. The summed E-state index contributed by atoms with van der Waals surface area (Å²) in [4.78, 5) is 14.3. The molecule has 2 aromatic rings. The van der Waals surface area contributed by atoms with Crippen molar-refractivity contribution in [1.29, 1.82) is 0 Å². The zero-order chi connectivity index (χ0) is 18.9. The molecule has 0 fully saturated rings. The van der Waals surface area contributed by atoms with E-state index in [1.54, 1.807) is 26.4 Å². The molecular weight excluding hydrogens is 328 g/mol. The average Bonchev–Trinajstić information content (AvgIpc) is 2.64. The van der Waals surface area contributed by atoms with Crippen molar-refractivity contribution in [3.63, 3.8) is 0 Å². The number of nitrogens with one attached hydrogen (secondary N) is 1. The molecule has 1 amide bonds. The summed E-state index contributed by atoms with van der Waals surface area (Å²) < 4.78 is 10.5. The molecular formula is C21H26N2O3. The number of nitrogens with zero attached hydrogens (tertiary/aromatic N) is 1. The van der Waals surface area contributed by atoms with E-state index in [9.17, 15) is 4.79 Å². The van der Waals surface area contributed by atoms with Crippen LogP contribution in [0.2, 0.25) is 0 Å². The first-order valence-corrected chi connectivity index (χ1v) is 8.42. The Bertz CT molecular complexity index is 747. The Balaban J connectivity index is 2.00. The molecule has 138 valence electrons. The smallest absolute Gasteiger partial charge is 0.244 e. The van der Waals surface area contributed by atoms with Gasteiger partial charge in [-0.25, -0.2) is 0 Å². The molecule has 0 atom stereocenters. The first-order chi connectivity index (χ1) is 12.5. The minimum atomic E-state index is -0.147. The maximum atomic E-state index is 12.2. The van der Waals surface area contributed by atoms with E-state index in [0.29, 0.717) is 18.0 Å². The molecule has 2 rings (SSSR count). The highest BCUT2D eigenvalue weighted by Gasteiger charge is 2.05. The highest BCUT2D eigenvalue weighted by molar-refractivity contribution is 5.91. The van der Waals surface area contributed by atoms with Gasteiger partial charge in [0.2, 0.25) is 5.91 Å². The zero-order valence-electron chi connectivity index (χ0n) is 15.8. The highest BCUT2D eigenvalue weighted by atomic mass is 16.5. The van der Waals surface area contributed by atoms with Crippen molar-refractivity contribution in [2.75, 3.05) is 28.3 Å². The van der Waals surface area contributed by atoms with Gasteiger partial charge in [0, 0.05) is 25.2 Å². The van der Waals surface area contributed by atoms with Gasteiger partial charge in [0.05, 0.1) is 14.2 Å². The van der Waals surface area contributed by atoms with E-state index in [1.807, 2.05) is 44.4 Å². The third-order valence-electron chi connectivity index (χ3n) is 3.86. The van der Waals surface area contributed by atoms with Crippen LogP contribution in [0.4, 0.5) is 0 Å². The average molecular weight is 354 g/mol. The Labute approximate surface area is 155 Å². The van der Waals surface area contributed by atoms with Crippen LogP contribution >= 0.6 is 0 Å². The summed E-state index contributed by atoms with van der Waals surface area (Å²) in [5.74, 6) is 1.22. The molecule has 0 saturated carbocycles. The largest absolute Gasteiger partial charge is 0.497 e. The lowest BCUT2D eigenvalue weighted by Gasteiger charge is -2.14. The molecule has 0 aliphatic rings. The molecule has 1 N–H and O–H groups in total. The summed E-state index contributed by atoms with van der Waals surface area (Å²) in [6.07, 6.45) is 3.26. The SMILES string of the molecule is COc1cc(/C=C/C(=O)NCc2ccccc2CN(C)C)cc(OC)c1. The first-order valence-electron chi connectivity index (χ1n) is 8.42. The fourth-order valence-electron chi connectivity index (χ4n) is 2.56. The van der Waals surface area contributed by atoms with Crippen LogP contribution in [0.25, 0.3) is 6.08 Å². The van der Waals surface area contributed by atoms with E-state index < -0.39 is 0 Å². The topological polar surface area (TPSA) is 50.8 Å². The quantitative estimate of drug-likeness (QED) is 0.740. The number of carbonyl (C=O) groups is 1. The standard InChI is InChI=1S/C21H26N2O3/c1-23(2)15-18-8-6-5-7-17(18)14-22-21(24)10-9-16-11-19(25-3)13-20(12-16)26-4/h5-13H,14-15H2,1-4H3,(H,22,24)/b10-9+. The maximum Gasteiger partial charge on any atom is 0.244 e. The van der Waals surface area contributed by atoms with Gasteiger partial charge in [-0.2, -0.15) is 0 Å². The van der Waals surface area contributed by atoms with Gasteiger partial charge >= 0.3 is 0 Å². The van der Waals surface area contributed by atoms with Crippen LogP contribution in [0, 0.1) is 0 Å². The minimum absolute atomic E-state index is 0.147. The summed E-state index contributed by atoms with van der Waals surface area (Å²) in [5.41, 5.74) is 3.16. The number of hydrogen-bond acceptors (Lipinski definition) is 4. The molecule has 0 aliphatic heterocycles. The lowest BCUT2D eigenvalue weighted by molar-refractivity contribution is -0.116. The highest BCUT2D eigenvalue weighted by Crippen LogP contribution is 2.23. The molecule has 26 heavy (non-hydrogen) atoms. The number of ether oxygens (including phenoxy) is 2. The third kappa shape index (κ3) is 5.93. The lowest BCUT2D eigenvalue weighted by atomic mass is 10.1. The van der Waals surface area contributed by atoms with Crippen molar-refractivity contribution >= 4 is 12.0 Å². The number of rotatable bonds is 8. The van der Waals surface area contributed by atoms with Gasteiger partial charge in [-0.1, -0.05) is 24.3 Å². The van der Waals surface area contributed by atoms with Gasteiger partial charge in [-0.3, -0.25) is 4.79 Å². The Morgan fingerprint density at radius 1 is 1.04 bits per heavy atom. The maximum absolute atomic E-state index is 12.2. The predicted molar refractivity (Wildman–Crippen MR) is 104 cm³/mol. The van der Waals surface area contributed by atoms with Gasteiger partial charge in [0.1, 0.15) is 11.5 Å². The molecule has 2 aromatic carbocycles. The Kier molecular flexibility index (Phi) is 7.24. The second kappa shape index (κ2) is 9.63. The number of methoxy groups -OCH3 is 2. The monoisotopic (exact) mass is 354 g/mol. The van der Waals surface area contributed by atoms with Crippen LogP contribution in [0.1, 0.15) is 16.7 Å². The molecule has 5 nitrogen and oxygen atoms in total. The Morgan fingerprint density at radius 2 is 1.65 bits per heavy atom. The van der Waals surface area contributed by atoms with Gasteiger partial charge in [-0.15, -0.1) is 0 Å². The first kappa shape index (κ1) is 19.5. The number of carbonyl (C=O) groups excluding carboxylic acids is 1. The van der Waals surface area contributed by atoms with Crippen LogP contribution in [-0.4, -0.2) is 39.1 Å². The number of amides is 1. The summed E-state index contributed by atoms with van der Waals surface area (Å²) in [7, 11) is 7.25. The molecule has 0 heterocycles. The molecule has 0 aliphatic carbocycles. The molecule has 0 unspecified atom stereocenters. The number of hydrogen-bond donors (Lipinski definition) is 1. The minimum Gasteiger partial charge on any atom is -0.497 e. The predicted octanol–water partition coefficient (Wildman–Crippen LogP) is 3.10. The van der Waals surface area contributed by atoms with E-state index in [1.165, 1.54) is 11.6 Å². The zero-order valence-corrected chi connectivity index (χ0v) is 15.8. The van der Waals surface area contributed by atoms with Crippen molar-refractivity contribution in [2.24, 2.45) is 0 Å². The van der Waals surface area contributed by atoms with Gasteiger partial charge in [-0.05, 0) is 49.0 Å². The molecule has 0 aromatic heterocycles. The van der Waals surface area contributed by atoms with Crippen LogP contribution in [0.15, 0.2) is 48.5 Å².